The third kappa shape index (κ3) is 2.83. The van der Waals surface area contributed by atoms with Crippen LogP contribution in [0.1, 0.15) is 5.56 Å². The van der Waals surface area contributed by atoms with E-state index in [9.17, 15) is 0 Å². The zero-order valence-electron chi connectivity index (χ0n) is 10.1. The van der Waals surface area contributed by atoms with E-state index >= 15 is 0 Å². The molecule has 0 amide bonds. The molecule has 1 heterocycles. The van der Waals surface area contributed by atoms with Crippen molar-refractivity contribution in [1.29, 1.82) is 0 Å². The second kappa shape index (κ2) is 5.23. The highest BCUT2D eigenvalue weighted by Crippen LogP contribution is 2.31. The van der Waals surface area contributed by atoms with Gasteiger partial charge >= 0.3 is 0 Å². The molecule has 5 heteroatoms. The normalized spacial score (nSPS) is 10.9. The van der Waals surface area contributed by atoms with Crippen molar-refractivity contribution in [3.8, 4) is 0 Å². The summed E-state index contributed by atoms with van der Waals surface area (Å²) in [6.45, 7) is 2.08. The highest BCUT2D eigenvalue weighted by Gasteiger charge is 2.06. The van der Waals surface area contributed by atoms with E-state index in [4.69, 9.17) is 0 Å². The number of aryl methyl sites for hydroxylation is 1. The summed E-state index contributed by atoms with van der Waals surface area (Å²) in [7, 11) is 0. The van der Waals surface area contributed by atoms with Crippen molar-refractivity contribution in [1.82, 2.24) is 4.98 Å². The van der Waals surface area contributed by atoms with Crippen LogP contribution in [0.5, 0.6) is 0 Å². The Kier molecular flexibility index (Phi) is 3.60. The molecule has 0 fully saturated rings. The van der Waals surface area contributed by atoms with E-state index in [1.54, 1.807) is 11.3 Å². The summed E-state index contributed by atoms with van der Waals surface area (Å²) in [6, 6.07) is 12.3. The van der Waals surface area contributed by atoms with Crippen molar-refractivity contribution in [3.05, 3.63) is 50.9 Å². The number of benzene rings is 2. The number of aromatic nitrogens is 1. The highest BCUT2D eigenvalue weighted by molar-refractivity contribution is 9.10. The smallest absolute Gasteiger partial charge is 0.188 e. The van der Waals surface area contributed by atoms with Gasteiger partial charge in [-0.1, -0.05) is 43.2 Å². The number of nitrogens with zero attached hydrogens (tertiary/aromatic N) is 1. The van der Waals surface area contributed by atoms with Crippen LogP contribution in [0.4, 0.5) is 10.8 Å². The molecule has 0 aliphatic rings. The van der Waals surface area contributed by atoms with E-state index in [0.29, 0.717) is 0 Å². The average molecular weight is 398 g/mol. The number of rotatable bonds is 2. The maximum atomic E-state index is 4.60. The number of anilines is 2. The molecule has 1 N–H and O–H groups in total. The molecule has 3 rings (SSSR count). The van der Waals surface area contributed by atoms with E-state index in [1.807, 2.05) is 18.2 Å². The van der Waals surface area contributed by atoms with Crippen LogP contribution in [0.2, 0.25) is 0 Å². The number of fused-ring (bicyclic) bond motifs is 1. The topological polar surface area (TPSA) is 24.9 Å². The van der Waals surface area contributed by atoms with Crippen LogP contribution in [0.3, 0.4) is 0 Å². The predicted octanol–water partition coefficient (Wildman–Crippen LogP) is 5.87. The molecule has 0 atom stereocenters. The Labute approximate surface area is 132 Å². The molecular weight excluding hydrogens is 388 g/mol. The molecule has 2 nitrogen and oxygen atoms in total. The van der Waals surface area contributed by atoms with Gasteiger partial charge in [-0.15, -0.1) is 0 Å². The van der Waals surface area contributed by atoms with Crippen LogP contribution in [0.15, 0.2) is 45.3 Å². The van der Waals surface area contributed by atoms with Gasteiger partial charge in [-0.3, -0.25) is 0 Å². The molecule has 0 saturated heterocycles. The lowest BCUT2D eigenvalue weighted by Crippen LogP contribution is -1.91. The number of hydrogen-bond acceptors (Lipinski definition) is 3. The Morgan fingerprint density at radius 1 is 1.05 bits per heavy atom. The quantitative estimate of drug-likeness (QED) is 0.584. The summed E-state index contributed by atoms with van der Waals surface area (Å²) in [6.07, 6.45) is 0. The van der Waals surface area contributed by atoms with Crippen LogP contribution in [0.25, 0.3) is 10.2 Å². The summed E-state index contributed by atoms with van der Waals surface area (Å²) < 4.78 is 3.32. The van der Waals surface area contributed by atoms with Gasteiger partial charge in [0.2, 0.25) is 0 Å². The molecule has 0 aliphatic carbocycles. The molecule has 1 aromatic heterocycles. The summed E-state index contributed by atoms with van der Waals surface area (Å²) in [5.74, 6) is 0. The first-order chi connectivity index (χ1) is 9.11. The van der Waals surface area contributed by atoms with Crippen molar-refractivity contribution in [2.45, 2.75) is 6.92 Å². The van der Waals surface area contributed by atoms with Gasteiger partial charge in [-0.05, 0) is 48.9 Å². The fourth-order valence-corrected chi connectivity index (χ4v) is 3.52. The van der Waals surface area contributed by atoms with E-state index in [-0.39, 0.29) is 0 Å². The molecule has 2 aromatic carbocycles. The van der Waals surface area contributed by atoms with Gasteiger partial charge in [0.05, 0.1) is 10.2 Å². The highest BCUT2D eigenvalue weighted by atomic mass is 79.9. The molecule has 0 spiro atoms. The Morgan fingerprint density at radius 3 is 2.58 bits per heavy atom. The Hall–Kier alpha value is -0.910. The Bertz CT molecular complexity index is 752. The summed E-state index contributed by atoms with van der Waals surface area (Å²) in [5.41, 5.74) is 3.28. The standard InChI is InChI=1S/C14H10Br2N2S/c1-8-6-9(15)2-4-11(8)17-14-18-12-7-10(16)3-5-13(12)19-14/h2-7H,1H3,(H,17,18). The maximum Gasteiger partial charge on any atom is 0.188 e. The lowest BCUT2D eigenvalue weighted by molar-refractivity contribution is 1.39. The average Bonchev–Trinajstić information content (AvgIpc) is 2.74. The van der Waals surface area contributed by atoms with Crippen molar-refractivity contribution in [3.63, 3.8) is 0 Å². The predicted molar refractivity (Wildman–Crippen MR) is 89.5 cm³/mol. The molecule has 0 aliphatic heterocycles. The zero-order chi connectivity index (χ0) is 13.4. The number of nitrogens with one attached hydrogen (secondary N) is 1. The van der Waals surface area contributed by atoms with Gasteiger partial charge in [-0.2, -0.15) is 0 Å². The first-order valence-electron chi connectivity index (χ1n) is 5.71. The summed E-state index contributed by atoms with van der Waals surface area (Å²) in [5, 5.41) is 4.29. The third-order valence-electron chi connectivity index (χ3n) is 2.78. The van der Waals surface area contributed by atoms with Gasteiger partial charge in [0.15, 0.2) is 5.13 Å². The minimum absolute atomic E-state index is 0.915. The SMILES string of the molecule is Cc1cc(Br)ccc1Nc1nc2cc(Br)ccc2s1. The van der Waals surface area contributed by atoms with Crippen LogP contribution in [-0.2, 0) is 0 Å². The Balaban J connectivity index is 1.96. The van der Waals surface area contributed by atoms with E-state index < -0.39 is 0 Å². The third-order valence-corrected chi connectivity index (χ3v) is 4.72. The molecule has 0 bridgehead atoms. The van der Waals surface area contributed by atoms with Crippen LogP contribution >= 0.6 is 43.2 Å². The maximum absolute atomic E-state index is 4.60. The molecule has 3 aromatic rings. The fraction of sp³-hybridized carbons (Fsp3) is 0.0714. The van der Waals surface area contributed by atoms with Crippen LogP contribution in [-0.4, -0.2) is 4.98 Å². The van der Waals surface area contributed by atoms with Gasteiger partial charge < -0.3 is 5.32 Å². The van der Waals surface area contributed by atoms with Gasteiger partial charge in [0.1, 0.15) is 0 Å². The second-order valence-corrected chi connectivity index (χ2v) is 7.08. The number of hydrogen-bond donors (Lipinski definition) is 1. The van der Waals surface area contributed by atoms with Crippen LogP contribution in [0, 0.1) is 6.92 Å². The summed E-state index contributed by atoms with van der Waals surface area (Å²) in [4.78, 5) is 4.60. The number of thiazole rings is 1. The van der Waals surface area contributed by atoms with E-state index in [1.165, 1.54) is 10.3 Å². The second-order valence-electron chi connectivity index (χ2n) is 4.22. The Morgan fingerprint density at radius 2 is 1.79 bits per heavy atom. The van der Waals surface area contributed by atoms with Crippen molar-refractivity contribution >= 4 is 64.2 Å². The lowest BCUT2D eigenvalue weighted by atomic mass is 10.2. The molecular formula is C14H10Br2N2S. The van der Waals surface area contributed by atoms with Crippen LogP contribution < -0.4 is 5.32 Å². The molecule has 0 radical (unpaired) electrons. The monoisotopic (exact) mass is 396 g/mol. The molecule has 96 valence electrons. The van der Waals surface area contributed by atoms with Crippen molar-refractivity contribution < 1.29 is 0 Å². The first-order valence-corrected chi connectivity index (χ1v) is 8.11. The first kappa shape index (κ1) is 13.1. The van der Waals surface area contributed by atoms with E-state index in [2.05, 4.69) is 67.3 Å². The molecule has 0 unspecified atom stereocenters. The summed E-state index contributed by atoms with van der Waals surface area (Å²) >= 11 is 8.60. The largest absolute Gasteiger partial charge is 0.331 e. The molecule has 19 heavy (non-hydrogen) atoms. The van der Waals surface area contributed by atoms with Gasteiger partial charge in [0.25, 0.3) is 0 Å². The minimum atomic E-state index is 0.915. The van der Waals surface area contributed by atoms with E-state index in [0.717, 1.165) is 25.3 Å². The van der Waals surface area contributed by atoms with Crippen molar-refractivity contribution in [2.75, 3.05) is 5.32 Å². The van der Waals surface area contributed by atoms with Gasteiger partial charge in [-0.25, -0.2) is 4.98 Å². The lowest BCUT2D eigenvalue weighted by Gasteiger charge is -2.06. The number of halogens is 2. The van der Waals surface area contributed by atoms with Crippen molar-refractivity contribution in [2.24, 2.45) is 0 Å². The molecule has 0 saturated carbocycles. The zero-order valence-corrected chi connectivity index (χ0v) is 14.1. The fourth-order valence-electron chi connectivity index (χ4n) is 1.84. The van der Waals surface area contributed by atoms with Gasteiger partial charge in [0, 0.05) is 14.6 Å². The minimum Gasteiger partial charge on any atom is -0.331 e.